The molecule has 0 bridgehead atoms. The molecule has 0 aromatic heterocycles. The van der Waals surface area contributed by atoms with Crippen LogP contribution >= 0.6 is 0 Å². The molecule has 1 aliphatic heterocycles. The Morgan fingerprint density at radius 1 is 1.23 bits per heavy atom. The molecule has 1 heterocycles. The van der Waals surface area contributed by atoms with Gasteiger partial charge < -0.3 is 19.7 Å². The monoisotopic (exact) mass is 366 g/mol. The van der Waals surface area contributed by atoms with Crippen LogP contribution in [0.5, 0.6) is 0 Å². The summed E-state index contributed by atoms with van der Waals surface area (Å²) in [5, 5.41) is 3.14. The highest BCUT2D eigenvalue weighted by atomic mass is 16.6. The number of hydrogen-bond acceptors (Lipinski definition) is 4. The molecule has 3 atom stereocenters. The van der Waals surface area contributed by atoms with Crippen molar-refractivity contribution in [2.24, 2.45) is 11.8 Å². The Balaban J connectivity index is 1.82. The van der Waals surface area contributed by atoms with Gasteiger partial charge in [-0.05, 0) is 64.8 Å². The summed E-state index contributed by atoms with van der Waals surface area (Å²) in [6.45, 7) is 14.2. The van der Waals surface area contributed by atoms with Crippen molar-refractivity contribution < 1.29 is 14.3 Å². The van der Waals surface area contributed by atoms with Crippen LogP contribution in [0.15, 0.2) is 12.7 Å². The van der Waals surface area contributed by atoms with Crippen LogP contribution in [0.3, 0.4) is 0 Å². The lowest BCUT2D eigenvalue weighted by atomic mass is 9.83. The van der Waals surface area contributed by atoms with Crippen LogP contribution in [-0.2, 0) is 9.47 Å². The summed E-state index contributed by atoms with van der Waals surface area (Å²) in [6.07, 6.45) is 8.72. The van der Waals surface area contributed by atoms with Gasteiger partial charge in [0.1, 0.15) is 5.60 Å². The lowest BCUT2D eigenvalue weighted by Crippen LogP contribution is -2.49. The van der Waals surface area contributed by atoms with Crippen LogP contribution in [-0.4, -0.2) is 55.5 Å². The van der Waals surface area contributed by atoms with Gasteiger partial charge >= 0.3 is 6.09 Å². The van der Waals surface area contributed by atoms with Gasteiger partial charge in [0.05, 0.1) is 13.2 Å². The predicted molar refractivity (Wildman–Crippen MR) is 105 cm³/mol. The van der Waals surface area contributed by atoms with E-state index in [0.717, 1.165) is 32.7 Å². The van der Waals surface area contributed by atoms with Crippen molar-refractivity contribution in [1.82, 2.24) is 10.2 Å². The van der Waals surface area contributed by atoms with Gasteiger partial charge in [-0.1, -0.05) is 18.9 Å². The molecule has 0 aromatic carbocycles. The van der Waals surface area contributed by atoms with Crippen molar-refractivity contribution in [3.63, 3.8) is 0 Å². The van der Waals surface area contributed by atoms with Gasteiger partial charge in [-0.2, -0.15) is 0 Å². The minimum Gasteiger partial charge on any atom is -0.444 e. The summed E-state index contributed by atoms with van der Waals surface area (Å²) in [6, 6.07) is 0.232. The molecule has 1 N–H and O–H groups in total. The van der Waals surface area contributed by atoms with Crippen molar-refractivity contribution in [2.45, 2.75) is 70.9 Å². The fourth-order valence-corrected chi connectivity index (χ4v) is 4.18. The Morgan fingerprint density at radius 2 is 2.00 bits per heavy atom. The van der Waals surface area contributed by atoms with Crippen LogP contribution in [0.25, 0.3) is 0 Å². The van der Waals surface area contributed by atoms with Gasteiger partial charge in [0.25, 0.3) is 0 Å². The highest BCUT2D eigenvalue weighted by Gasteiger charge is 2.31. The smallest absolute Gasteiger partial charge is 0.407 e. The van der Waals surface area contributed by atoms with E-state index in [1.54, 1.807) is 0 Å². The van der Waals surface area contributed by atoms with Crippen molar-refractivity contribution in [3.8, 4) is 0 Å². The fraction of sp³-hybridized carbons (Fsp3) is 0.857. The minimum absolute atomic E-state index is 0.232. The van der Waals surface area contributed by atoms with Crippen molar-refractivity contribution in [3.05, 3.63) is 12.7 Å². The second-order valence-corrected chi connectivity index (χ2v) is 8.89. The first kappa shape index (κ1) is 21.2. The number of hydrogen-bond donors (Lipinski definition) is 1. The van der Waals surface area contributed by atoms with E-state index in [1.165, 1.54) is 32.1 Å². The van der Waals surface area contributed by atoms with Gasteiger partial charge in [0, 0.05) is 19.1 Å². The quantitative estimate of drug-likeness (QED) is 0.547. The maximum atomic E-state index is 12.2. The number of alkyl carbamates (subject to hydrolysis) is 1. The second kappa shape index (κ2) is 10.3. The molecule has 0 spiro atoms. The van der Waals surface area contributed by atoms with Gasteiger partial charge in [0.15, 0.2) is 0 Å². The topological polar surface area (TPSA) is 50.8 Å². The molecule has 2 rings (SSSR count). The van der Waals surface area contributed by atoms with Crippen LogP contribution in [0.2, 0.25) is 0 Å². The number of ether oxygens (including phenoxy) is 2. The predicted octanol–water partition coefficient (Wildman–Crippen LogP) is 3.98. The van der Waals surface area contributed by atoms with Gasteiger partial charge in [0.2, 0.25) is 0 Å². The minimum atomic E-state index is -0.445. The van der Waals surface area contributed by atoms with E-state index in [2.05, 4.69) is 16.8 Å². The van der Waals surface area contributed by atoms with Crippen molar-refractivity contribution in [2.75, 3.05) is 32.8 Å². The second-order valence-electron chi connectivity index (χ2n) is 8.89. The number of amides is 1. The average molecular weight is 367 g/mol. The third kappa shape index (κ3) is 7.67. The lowest BCUT2D eigenvalue weighted by molar-refractivity contribution is 0.0414. The van der Waals surface area contributed by atoms with E-state index in [1.807, 2.05) is 26.8 Å². The molecule has 0 radical (unpaired) electrons. The molecule has 1 saturated carbocycles. The normalized spacial score (nSPS) is 27.7. The van der Waals surface area contributed by atoms with Gasteiger partial charge in [-0.25, -0.2) is 4.79 Å². The number of nitrogens with one attached hydrogen (secondary N) is 1. The first-order valence-electron chi connectivity index (χ1n) is 10.3. The molecule has 3 unspecified atom stereocenters. The zero-order chi connectivity index (χ0) is 19.0. The summed E-state index contributed by atoms with van der Waals surface area (Å²) < 4.78 is 11.1. The van der Waals surface area contributed by atoms with E-state index in [4.69, 9.17) is 9.47 Å². The zero-order valence-electron chi connectivity index (χ0n) is 17.0. The molecule has 26 heavy (non-hydrogen) atoms. The zero-order valence-corrected chi connectivity index (χ0v) is 17.0. The first-order valence-corrected chi connectivity index (χ1v) is 10.3. The third-order valence-electron chi connectivity index (χ3n) is 5.30. The third-order valence-corrected chi connectivity index (χ3v) is 5.30. The number of likely N-dealkylation sites (tertiary alicyclic amines) is 1. The Labute approximate surface area is 159 Å². The number of carbonyl (C=O) groups is 1. The van der Waals surface area contributed by atoms with E-state index >= 15 is 0 Å². The fourth-order valence-electron chi connectivity index (χ4n) is 4.18. The number of carbonyl (C=O) groups excluding carboxylic acids is 1. The number of piperidine rings is 1. The summed E-state index contributed by atoms with van der Waals surface area (Å²) in [5.41, 5.74) is -0.445. The SMILES string of the molecule is C=CCOCC1CCCN(CC2CCCCC2NC(=O)OC(C)(C)C)C1. The largest absolute Gasteiger partial charge is 0.444 e. The van der Waals surface area contributed by atoms with Crippen LogP contribution < -0.4 is 5.32 Å². The summed E-state index contributed by atoms with van der Waals surface area (Å²) in [5.74, 6) is 1.13. The molecule has 1 amide bonds. The van der Waals surface area contributed by atoms with E-state index in [-0.39, 0.29) is 12.1 Å². The van der Waals surface area contributed by atoms with Gasteiger partial charge in [-0.15, -0.1) is 6.58 Å². The summed E-state index contributed by atoms with van der Waals surface area (Å²) >= 11 is 0. The molecule has 150 valence electrons. The maximum absolute atomic E-state index is 12.2. The average Bonchev–Trinajstić information content (AvgIpc) is 2.56. The standard InChI is InChI=1S/C21H38N2O3/c1-5-13-25-16-17-9-8-12-23(14-17)15-18-10-6-7-11-19(18)22-20(24)26-21(2,3)4/h5,17-19H,1,6-16H2,2-4H3,(H,22,24). The Kier molecular flexibility index (Phi) is 8.42. The molecule has 2 aliphatic rings. The van der Waals surface area contributed by atoms with Crippen molar-refractivity contribution in [1.29, 1.82) is 0 Å². The highest BCUT2D eigenvalue weighted by molar-refractivity contribution is 5.68. The molecule has 2 fully saturated rings. The molecule has 1 aliphatic carbocycles. The molecule has 0 aromatic rings. The molecular weight excluding hydrogens is 328 g/mol. The van der Waals surface area contributed by atoms with E-state index in [0.29, 0.717) is 18.4 Å². The van der Waals surface area contributed by atoms with Crippen LogP contribution in [0.4, 0.5) is 4.79 Å². The van der Waals surface area contributed by atoms with Crippen LogP contribution in [0, 0.1) is 11.8 Å². The summed E-state index contributed by atoms with van der Waals surface area (Å²) in [4.78, 5) is 14.8. The van der Waals surface area contributed by atoms with Gasteiger partial charge in [-0.3, -0.25) is 0 Å². The summed E-state index contributed by atoms with van der Waals surface area (Å²) in [7, 11) is 0. The Morgan fingerprint density at radius 3 is 2.73 bits per heavy atom. The molecule has 5 nitrogen and oxygen atoms in total. The number of nitrogens with zero attached hydrogens (tertiary/aromatic N) is 1. The lowest BCUT2D eigenvalue weighted by Gasteiger charge is -2.39. The van der Waals surface area contributed by atoms with E-state index < -0.39 is 5.60 Å². The first-order chi connectivity index (χ1) is 12.4. The van der Waals surface area contributed by atoms with Crippen LogP contribution in [0.1, 0.15) is 59.3 Å². The number of rotatable bonds is 7. The van der Waals surface area contributed by atoms with Crippen molar-refractivity contribution >= 4 is 6.09 Å². The Bertz CT molecular complexity index is 447. The molecule has 1 saturated heterocycles. The highest BCUT2D eigenvalue weighted by Crippen LogP contribution is 2.27. The molecule has 5 heteroatoms. The van der Waals surface area contributed by atoms with E-state index in [9.17, 15) is 4.79 Å². The Hall–Kier alpha value is -1.07. The molecular formula is C21H38N2O3. The maximum Gasteiger partial charge on any atom is 0.407 e.